The third-order valence-electron chi connectivity index (χ3n) is 6.24. The number of ketones is 1. The normalized spacial score (nSPS) is 18.4. The lowest BCUT2D eigenvalue weighted by atomic mass is 9.82. The molecular weight excluding hydrogens is 424 g/mol. The van der Waals surface area contributed by atoms with Gasteiger partial charge >= 0.3 is 0 Å². The number of rotatable bonds is 3. The Labute approximate surface area is 191 Å². The van der Waals surface area contributed by atoms with Crippen LogP contribution >= 0.6 is 11.6 Å². The molecule has 2 aromatic carbocycles. The molecule has 7 heteroatoms. The Morgan fingerprint density at radius 1 is 0.938 bits per heavy atom. The van der Waals surface area contributed by atoms with Crippen molar-refractivity contribution in [3.8, 4) is 0 Å². The van der Waals surface area contributed by atoms with Crippen molar-refractivity contribution in [3.05, 3.63) is 88.2 Å². The molecule has 1 saturated heterocycles. The fraction of sp³-hybridized carbons (Fsp3) is 0.280. The van der Waals surface area contributed by atoms with Crippen molar-refractivity contribution in [1.29, 1.82) is 0 Å². The first-order valence-electron chi connectivity index (χ1n) is 10.8. The first-order valence-corrected chi connectivity index (χ1v) is 11.2. The highest BCUT2D eigenvalue weighted by Crippen LogP contribution is 2.32. The first kappa shape index (κ1) is 20.6. The van der Waals surface area contributed by atoms with E-state index in [4.69, 9.17) is 16.6 Å². The number of anilines is 1. The van der Waals surface area contributed by atoms with Gasteiger partial charge in [0.15, 0.2) is 5.78 Å². The van der Waals surface area contributed by atoms with Crippen LogP contribution in [0.3, 0.4) is 0 Å². The minimum Gasteiger partial charge on any atom is -0.337 e. The summed E-state index contributed by atoms with van der Waals surface area (Å²) in [5.74, 6) is 0.880. The molecule has 1 aliphatic carbocycles. The summed E-state index contributed by atoms with van der Waals surface area (Å²) >= 11 is 5.93. The van der Waals surface area contributed by atoms with Crippen LogP contribution in [0.1, 0.15) is 44.3 Å². The van der Waals surface area contributed by atoms with E-state index < -0.39 is 0 Å². The topological polar surface area (TPSA) is 66.4 Å². The SMILES string of the molecule is O=C1CC(c2ccccc2)Cc2nc(N3CCN(C(=O)c4ccc(Cl)cc4)CC3)ncc21. The number of piperazine rings is 1. The lowest BCUT2D eigenvalue weighted by Gasteiger charge is -2.35. The predicted octanol–water partition coefficient (Wildman–Crippen LogP) is 4.01. The summed E-state index contributed by atoms with van der Waals surface area (Å²) in [5, 5.41) is 0.615. The number of amides is 1. The third-order valence-corrected chi connectivity index (χ3v) is 6.49. The van der Waals surface area contributed by atoms with Crippen molar-refractivity contribution in [3.63, 3.8) is 0 Å². The largest absolute Gasteiger partial charge is 0.337 e. The molecule has 1 unspecified atom stereocenters. The number of hydrogen-bond acceptors (Lipinski definition) is 5. The van der Waals surface area contributed by atoms with Gasteiger partial charge in [-0.2, -0.15) is 0 Å². The van der Waals surface area contributed by atoms with Crippen LogP contribution in [0, 0.1) is 0 Å². The van der Waals surface area contributed by atoms with Crippen molar-refractivity contribution in [2.24, 2.45) is 0 Å². The molecule has 0 saturated carbocycles. The average Bonchev–Trinajstić information content (AvgIpc) is 2.84. The van der Waals surface area contributed by atoms with Crippen LogP contribution < -0.4 is 4.90 Å². The Hall–Kier alpha value is -3.25. The van der Waals surface area contributed by atoms with Crippen LogP contribution in [-0.2, 0) is 6.42 Å². The maximum absolute atomic E-state index is 12.7. The minimum absolute atomic E-state index is 0.00368. The average molecular weight is 447 g/mol. The molecule has 162 valence electrons. The van der Waals surface area contributed by atoms with E-state index >= 15 is 0 Å². The summed E-state index contributed by atoms with van der Waals surface area (Å²) < 4.78 is 0. The Morgan fingerprint density at radius 2 is 1.66 bits per heavy atom. The van der Waals surface area contributed by atoms with Gasteiger partial charge in [-0.1, -0.05) is 41.9 Å². The molecule has 0 bridgehead atoms. The third kappa shape index (κ3) is 4.10. The molecule has 1 aromatic heterocycles. The van der Waals surface area contributed by atoms with Crippen LogP contribution in [0.25, 0.3) is 0 Å². The summed E-state index contributed by atoms with van der Waals surface area (Å²) in [7, 11) is 0. The summed E-state index contributed by atoms with van der Waals surface area (Å²) in [6, 6.07) is 17.1. The zero-order chi connectivity index (χ0) is 22.1. The zero-order valence-corrected chi connectivity index (χ0v) is 18.3. The molecule has 0 spiro atoms. The molecule has 1 aliphatic heterocycles. The van der Waals surface area contributed by atoms with Gasteiger partial charge in [-0.15, -0.1) is 0 Å². The van der Waals surface area contributed by atoms with Crippen LogP contribution in [0.2, 0.25) is 5.02 Å². The smallest absolute Gasteiger partial charge is 0.253 e. The monoisotopic (exact) mass is 446 g/mol. The second kappa shape index (κ2) is 8.71. The van der Waals surface area contributed by atoms with E-state index in [1.165, 1.54) is 5.56 Å². The molecule has 2 heterocycles. The number of nitrogens with zero attached hydrogens (tertiary/aromatic N) is 4. The van der Waals surface area contributed by atoms with Crippen molar-refractivity contribution in [2.45, 2.75) is 18.8 Å². The van der Waals surface area contributed by atoms with Gasteiger partial charge in [0.05, 0.1) is 11.3 Å². The van der Waals surface area contributed by atoms with Gasteiger partial charge in [0.1, 0.15) is 0 Å². The Balaban J connectivity index is 1.28. The number of hydrogen-bond donors (Lipinski definition) is 0. The molecule has 1 atom stereocenters. The van der Waals surface area contributed by atoms with E-state index in [1.54, 1.807) is 30.5 Å². The van der Waals surface area contributed by atoms with E-state index in [0.717, 1.165) is 12.1 Å². The minimum atomic E-state index is 0.00368. The Kier molecular flexibility index (Phi) is 5.62. The maximum atomic E-state index is 12.7. The second-order valence-electron chi connectivity index (χ2n) is 8.26. The molecular formula is C25H23ClN4O2. The van der Waals surface area contributed by atoms with Crippen LogP contribution in [0.5, 0.6) is 0 Å². The van der Waals surface area contributed by atoms with E-state index in [1.807, 2.05) is 23.1 Å². The zero-order valence-electron chi connectivity index (χ0n) is 17.6. The van der Waals surface area contributed by atoms with Gasteiger partial charge in [0.25, 0.3) is 5.91 Å². The maximum Gasteiger partial charge on any atom is 0.253 e. The molecule has 2 aliphatic rings. The fourth-order valence-corrected chi connectivity index (χ4v) is 4.56. The van der Waals surface area contributed by atoms with Crippen LogP contribution in [0.15, 0.2) is 60.8 Å². The highest BCUT2D eigenvalue weighted by Gasteiger charge is 2.29. The fourth-order valence-electron chi connectivity index (χ4n) is 4.43. The predicted molar refractivity (Wildman–Crippen MR) is 123 cm³/mol. The summed E-state index contributed by atoms with van der Waals surface area (Å²) in [4.78, 5) is 38.6. The van der Waals surface area contributed by atoms with Gasteiger partial charge in [-0.3, -0.25) is 9.59 Å². The molecule has 32 heavy (non-hydrogen) atoms. The van der Waals surface area contributed by atoms with E-state index in [9.17, 15) is 9.59 Å². The highest BCUT2D eigenvalue weighted by molar-refractivity contribution is 6.30. The molecule has 1 amide bonds. The number of aromatic nitrogens is 2. The number of fused-ring (bicyclic) bond motifs is 1. The number of Topliss-reactive ketones (excluding diaryl/α,β-unsaturated/α-hetero) is 1. The highest BCUT2D eigenvalue weighted by atomic mass is 35.5. The lowest BCUT2D eigenvalue weighted by molar-refractivity contribution is 0.0746. The molecule has 1 fully saturated rings. The van der Waals surface area contributed by atoms with E-state index in [2.05, 4.69) is 22.0 Å². The number of benzene rings is 2. The van der Waals surface area contributed by atoms with Crippen molar-refractivity contribution >= 4 is 29.2 Å². The summed E-state index contributed by atoms with van der Waals surface area (Å²) in [6.45, 7) is 2.48. The van der Waals surface area contributed by atoms with E-state index in [0.29, 0.717) is 54.7 Å². The van der Waals surface area contributed by atoms with Crippen LogP contribution in [-0.4, -0.2) is 52.7 Å². The standard InChI is InChI=1S/C25H23ClN4O2/c26-20-8-6-18(7-9-20)24(32)29-10-12-30(13-11-29)25-27-16-21-22(28-25)14-19(15-23(21)31)17-4-2-1-3-5-17/h1-9,16,19H,10-15H2. The molecule has 5 rings (SSSR count). The van der Waals surface area contributed by atoms with Gasteiger partial charge < -0.3 is 9.80 Å². The van der Waals surface area contributed by atoms with Gasteiger partial charge in [0.2, 0.25) is 5.95 Å². The Bertz CT molecular complexity index is 1140. The van der Waals surface area contributed by atoms with Gasteiger partial charge in [-0.25, -0.2) is 9.97 Å². The summed E-state index contributed by atoms with van der Waals surface area (Å²) in [6.07, 6.45) is 2.90. The molecule has 3 aromatic rings. The van der Waals surface area contributed by atoms with Gasteiger partial charge in [0, 0.05) is 49.4 Å². The first-order chi connectivity index (χ1) is 15.6. The number of carbonyl (C=O) groups excluding carboxylic acids is 2. The quantitative estimate of drug-likeness (QED) is 0.608. The number of carbonyl (C=O) groups is 2. The number of halogens is 1. The molecule has 0 N–H and O–H groups in total. The van der Waals surface area contributed by atoms with E-state index in [-0.39, 0.29) is 17.6 Å². The van der Waals surface area contributed by atoms with Crippen molar-refractivity contribution < 1.29 is 9.59 Å². The Morgan fingerprint density at radius 3 is 2.38 bits per heavy atom. The summed E-state index contributed by atoms with van der Waals surface area (Å²) in [5.41, 5.74) is 3.26. The second-order valence-corrected chi connectivity index (χ2v) is 8.69. The van der Waals surface area contributed by atoms with Gasteiger partial charge in [-0.05, 0) is 42.2 Å². The van der Waals surface area contributed by atoms with Crippen molar-refractivity contribution in [1.82, 2.24) is 14.9 Å². The van der Waals surface area contributed by atoms with Crippen molar-refractivity contribution in [2.75, 3.05) is 31.1 Å². The van der Waals surface area contributed by atoms with Crippen LogP contribution in [0.4, 0.5) is 5.95 Å². The lowest BCUT2D eigenvalue weighted by Crippen LogP contribution is -2.49. The molecule has 0 radical (unpaired) electrons. The molecule has 6 nitrogen and oxygen atoms in total.